The van der Waals surface area contributed by atoms with Crippen molar-refractivity contribution in [2.24, 2.45) is 5.92 Å². The van der Waals surface area contributed by atoms with Crippen molar-refractivity contribution in [2.75, 3.05) is 13.2 Å². The van der Waals surface area contributed by atoms with E-state index in [1.807, 2.05) is 6.92 Å². The number of hydrogen-bond donors (Lipinski definition) is 2. The lowest BCUT2D eigenvalue weighted by Crippen LogP contribution is -2.42. The lowest BCUT2D eigenvalue weighted by atomic mass is 9.83. The maximum absolute atomic E-state index is 10.9. The molecule has 1 aliphatic rings. The van der Waals surface area contributed by atoms with Crippen LogP contribution in [0.4, 0.5) is 0 Å². The average molecular weight is 188 g/mol. The number of rotatable bonds is 4. The molecule has 4 nitrogen and oxygen atoms in total. The van der Waals surface area contributed by atoms with E-state index in [1.165, 1.54) is 0 Å². The van der Waals surface area contributed by atoms with E-state index in [9.17, 15) is 9.90 Å². The van der Waals surface area contributed by atoms with Crippen molar-refractivity contribution in [1.29, 1.82) is 0 Å². The molecule has 0 aromatic carbocycles. The van der Waals surface area contributed by atoms with Gasteiger partial charge in [-0.25, -0.2) is 0 Å². The molecule has 0 radical (unpaired) electrons. The fraction of sp³-hybridized carbons (Fsp3) is 0.889. The maximum atomic E-state index is 10.9. The summed E-state index contributed by atoms with van der Waals surface area (Å²) in [5.41, 5.74) is -1.14. The average Bonchev–Trinajstić information content (AvgIpc) is 2.48. The van der Waals surface area contributed by atoms with Gasteiger partial charge in [-0.15, -0.1) is 0 Å². The van der Waals surface area contributed by atoms with Crippen LogP contribution in [-0.4, -0.2) is 35.0 Å². The zero-order valence-electron chi connectivity index (χ0n) is 7.82. The van der Waals surface area contributed by atoms with Crippen LogP contribution in [0.15, 0.2) is 0 Å². The standard InChI is InChI=1S/C9H16O4/c1-2-3-7(8(10)11)9(12)4-5-13-6-9/h7,12H,2-6H2,1H3,(H,10,11). The largest absolute Gasteiger partial charge is 0.481 e. The summed E-state index contributed by atoms with van der Waals surface area (Å²) in [5.74, 6) is -1.60. The number of ether oxygens (including phenoxy) is 1. The molecule has 2 N–H and O–H groups in total. The second-order valence-electron chi connectivity index (χ2n) is 3.59. The summed E-state index contributed by atoms with van der Waals surface area (Å²) in [5, 5.41) is 18.9. The minimum atomic E-state index is -1.14. The van der Waals surface area contributed by atoms with Gasteiger partial charge in [-0.3, -0.25) is 4.79 Å². The number of carbonyl (C=O) groups is 1. The van der Waals surface area contributed by atoms with Crippen LogP contribution in [0.5, 0.6) is 0 Å². The quantitative estimate of drug-likeness (QED) is 0.679. The smallest absolute Gasteiger partial charge is 0.309 e. The molecule has 2 unspecified atom stereocenters. The Morgan fingerprint density at radius 3 is 2.77 bits per heavy atom. The molecule has 0 aromatic heterocycles. The molecule has 0 bridgehead atoms. The van der Waals surface area contributed by atoms with E-state index in [2.05, 4.69) is 0 Å². The highest BCUT2D eigenvalue weighted by molar-refractivity contribution is 5.71. The summed E-state index contributed by atoms with van der Waals surface area (Å²) in [6.45, 7) is 2.53. The zero-order chi connectivity index (χ0) is 9.90. The number of carboxylic acids is 1. The van der Waals surface area contributed by atoms with Crippen LogP contribution in [0.3, 0.4) is 0 Å². The Morgan fingerprint density at radius 1 is 1.69 bits per heavy atom. The van der Waals surface area contributed by atoms with Crippen LogP contribution < -0.4 is 0 Å². The Balaban J connectivity index is 2.67. The predicted octanol–water partition coefficient (Wildman–Crippen LogP) is 0.639. The molecule has 2 atom stereocenters. The molecule has 76 valence electrons. The normalized spacial score (nSPS) is 30.3. The van der Waals surface area contributed by atoms with Gasteiger partial charge in [-0.2, -0.15) is 0 Å². The molecule has 0 amide bonds. The Bertz CT molecular complexity index is 184. The minimum Gasteiger partial charge on any atom is -0.481 e. The molecule has 0 spiro atoms. The van der Waals surface area contributed by atoms with Crippen molar-refractivity contribution >= 4 is 5.97 Å². The molecule has 0 aromatic rings. The topological polar surface area (TPSA) is 66.8 Å². The van der Waals surface area contributed by atoms with Crippen LogP contribution in [0.2, 0.25) is 0 Å². The lowest BCUT2D eigenvalue weighted by molar-refractivity contribution is -0.152. The van der Waals surface area contributed by atoms with Gasteiger partial charge in [-0.1, -0.05) is 13.3 Å². The van der Waals surface area contributed by atoms with Crippen molar-refractivity contribution in [3.63, 3.8) is 0 Å². The first-order valence-electron chi connectivity index (χ1n) is 4.63. The second-order valence-corrected chi connectivity index (χ2v) is 3.59. The Morgan fingerprint density at radius 2 is 2.38 bits per heavy atom. The molecular weight excluding hydrogens is 172 g/mol. The summed E-state index contributed by atoms with van der Waals surface area (Å²) in [4.78, 5) is 10.9. The third-order valence-electron chi connectivity index (χ3n) is 2.56. The number of carboxylic acid groups (broad SMARTS) is 1. The highest BCUT2D eigenvalue weighted by Crippen LogP contribution is 2.30. The predicted molar refractivity (Wildman–Crippen MR) is 46.4 cm³/mol. The number of aliphatic hydroxyl groups is 1. The Hall–Kier alpha value is -0.610. The SMILES string of the molecule is CCCC(C(=O)O)C1(O)CCOC1. The first-order valence-corrected chi connectivity index (χ1v) is 4.63. The fourth-order valence-corrected chi connectivity index (χ4v) is 1.76. The number of aliphatic carboxylic acids is 1. The van der Waals surface area contributed by atoms with E-state index in [0.717, 1.165) is 6.42 Å². The van der Waals surface area contributed by atoms with Crippen LogP contribution in [0.1, 0.15) is 26.2 Å². The van der Waals surface area contributed by atoms with Gasteiger partial charge >= 0.3 is 5.97 Å². The van der Waals surface area contributed by atoms with Crippen molar-refractivity contribution in [3.05, 3.63) is 0 Å². The first kappa shape index (κ1) is 10.5. The van der Waals surface area contributed by atoms with Gasteiger partial charge < -0.3 is 14.9 Å². The third-order valence-corrected chi connectivity index (χ3v) is 2.56. The van der Waals surface area contributed by atoms with Gasteiger partial charge in [0.2, 0.25) is 0 Å². The van der Waals surface area contributed by atoms with Gasteiger partial charge in [0.1, 0.15) is 5.60 Å². The Labute approximate surface area is 77.5 Å². The number of hydrogen-bond acceptors (Lipinski definition) is 3. The molecule has 1 aliphatic heterocycles. The van der Waals surface area contributed by atoms with Gasteiger partial charge in [0, 0.05) is 13.0 Å². The molecule has 1 heterocycles. The monoisotopic (exact) mass is 188 g/mol. The molecule has 13 heavy (non-hydrogen) atoms. The first-order chi connectivity index (χ1) is 6.10. The molecular formula is C9H16O4. The van der Waals surface area contributed by atoms with Crippen LogP contribution >= 0.6 is 0 Å². The molecule has 1 saturated heterocycles. The van der Waals surface area contributed by atoms with Gasteiger partial charge in [0.15, 0.2) is 0 Å². The van der Waals surface area contributed by atoms with E-state index in [1.54, 1.807) is 0 Å². The highest BCUT2D eigenvalue weighted by Gasteiger charge is 2.43. The van der Waals surface area contributed by atoms with Crippen LogP contribution in [0.25, 0.3) is 0 Å². The van der Waals surface area contributed by atoms with Gasteiger partial charge in [-0.05, 0) is 6.42 Å². The van der Waals surface area contributed by atoms with E-state index in [4.69, 9.17) is 9.84 Å². The summed E-state index contributed by atoms with van der Waals surface area (Å²) < 4.78 is 5.02. The Kier molecular flexibility index (Phi) is 3.27. The molecule has 1 rings (SSSR count). The van der Waals surface area contributed by atoms with Crippen molar-refractivity contribution in [1.82, 2.24) is 0 Å². The highest BCUT2D eigenvalue weighted by atomic mass is 16.5. The molecule has 0 saturated carbocycles. The third kappa shape index (κ3) is 2.19. The summed E-state index contributed by atoms with van der Waals surface area (Å²) >= 11 is 0. The fourth-order valence-electron chi connectivity index (χ4n) is 1.76. The van der Waals surface area contributed by atoms with Crippen molar-refractivity contribution < 1.29 is 19.7 Å². The second kappa shape index (κ2) is 4.07. The van der Waals surface area contributed by atoms with Gasteiger partial charge in [0.25, 0.3) is 0 Å². The van der Waals surface area contributed by atoms with E-state index < -0.39 is 17.5 Å². The van der Waals surface area contributed by atoms with Crippen molar-refractivity contribution in [3.8, 4) is 0 Å². The van der Waals surface area contributed by atoms with Crippen LogP contribution in [-0.2, 0) is 9.53 Å². The van der Waals surface area contributed by atoms with Crippen LogP contribution in [0, 0.1) is 5.92 Å². The van der Waals surface area contributed by atoms with Gasteiger partial charge in [0.05, 0.1) is 12.5 Å². The molecule has 1 fully saturated rings. The van der Waals surface area contributed by atoms with E-state index in [-0.39, 0.29) is 6.61 Å². The van der Waals surface area contributed by atoms with E-state index >= 15 is 0 Å². The maximum Gasteiger partial charge on any atom is 0.309 e. The summed E-state index contributed by atoms with van der Waals surface area (Å²) in [6.07, 6.45) is 1.71. The van der Waals surface area contributed by atoms with Crippen molar-refractivity contribution in [2.45, 2.75) is 31.8 Å². The zero-order valence-corrected chi connectivity index (χ0v) is 7.82. The lowest BCUT2D eigenvalue weighted by Gasteiger charge is -2.27. The van der Waals surface area contributed by atoms with E-state index in [0.29, 0.717) is 19.4 Å². The molecule has 0 aliphatic carbocycles. The summed E-state index contributed by atoms with van der Waals surface area (Å²) in [6, 6.07) is 0. The summed E-state index contributed by atoms with van der Waals surface area (Å²) in [7, 11) is 0. The minimum absolute atomic E-state index is 0.157. The molecule has 4 heteroatoms.